The van der Waals surface area contributed by atoms with Crippen molar-refractivity contribution in [2.75, 3.05) is 6.61 Å². The fourth-order valence-corrected chi connectivity index (χ4v) is 0.539. The second kappa shape index (κ2) is 2.73. The topological polar surface area (TPSA) is 35.3 Å². The second-order valence-corrected chi connectivity index (χ2v) is 1.69. The molecule has 0 N–H and O–H groups in total. The van der Waals surface area contributed by atoms with Gasteiger partial charge in [0, 0.05) is 0 Å². The Morgan fingerprint density at radius 2 is 2.67 bits per heavy atom. The van der Waals surface area contributed by atoms with Crippen LogP contribution in [0.5, 0.6) is 5.88 Å². The van der Waals surface area contributed by atoms with Crippen LogP contribution in [0.2, 0.25) is 5.22 Å². The van der Waals surface area contributed by atoms with Crippen molar-refractivity contribution >= 4 is 11.6 Å². The molecule has 0 unspecified atom stereocenters. The van der Waals surface area contributed by atoms with Gasteiger partial charge in [-0.25, -0.2) is 0 Å². The van der Waals surface area contributed by atoms with E-state index in [1.807, 2.05) is 0 Å². The summed E-state index contributed by atoms with van der Waals surface area (Å²) in [6.07, 6.45) is 0. The van der Waals surface area contributed by atoms with Crippen LogP contribution < -0.4 is 4.74 Å². The van der Waals surface area contributed by atoms with Gasteiger partial charge in [-0.05, 0) is 23.7 Å². The zero-order chi connectivity index (χ0) is 6.69. The van der Waals surface area contributed by atoms with E-state index < -0.39 is 0 Å². The normalized spacial score (nSPS) is 9.56. The molecule has 1 radical (unpaired) electrons. The molecule has 1 rings (SSSR count). The first-order valence-electron chi connectivity index (χ1n) is 2.37. The number of nitrogens with zero attached hydrogens (tertiary/aromatic N) is 1. The van der Waals surface area contributed by atoms with E-state index in [1.165, 1.54) is 6.07 Å². The molecule has 0 saturated carbocycles. The van der Waals surface area contributed by atoms with Gasteiger partial charge in [0.25, 0.3) is 5.88 Å². The Morgan fingerprint density at radius 3 is 3.11 bits per heavy atom. The highest BCUT2D eigenvalue weighted by Gasteiger charge is 1.98. The Morgan fingerprint density at radius 1 is 1.89 bits per heavy atom. The first-order chi connectivity index (χ1) is 4.33. The molecule has 0 aliphatic rings. The molecule has 1 aromatic rings. The fraction of sp³-hybridized carbons (Fsp3) is 0.200. The Hall–Kier alpha value is -0.700. The van der Waals surface area contributed by atoms with Crippen LogP contribution in [0.4, 0.5) is 0 Å². The summed E-state index contributed by atoms with van der Waals surface area (Å²) >= 11 is 5.37. The summed E-state index contributed by atoms with van der Waals surface area (Å²) in [6.45, 7) is 3.77. The van der Waals surface area contributed by atoms with Crippen molar-refractivity contribution in [3.63, 3.8) is 0 Å². The van der Waals surface area contributed by atoms with Gasteiger partial charge in [-0.2, -0.15) is 0 Å². The average Bonchev–Trinajstić information content (AvgIpc) is 2.17. The monoisotopic (exact) mass is 146 g/mol. The number of halogens is 1. The van der Waals surface area contributed by atoms with Crippen LogP contribution in [0, 0.1) is 6.92 Å². The van der Waals surface area contributed by atoms with Crippen molar-refractivity contribution in [1.82, 2.24) is 5.16 Å². The lowest BCUT2D eigenvalue weighted by molar-refractivity contribution is 0.309. The maximum Gasteiger partial charge on any atom is 0.255 e. The van der Waals surface area contributed by atoms with Gasteiger partial charge in [-0.1, -0.05) is 0 Å². The third kappa shape index (κ3) is 1.61. The molecule has 0 fully saturated rings. The highest BCUT2D eigenvalue weighted by Crippen LogP contribution is 2.14. The number of ether oxygens (including phenoxy) is 1. The smallest absolute Gasteiger partial charge is 0.255 e. The number of aromatic nitrogens is 1. The zero-order valence-electron chi connectivity index (χ0n) is 4.63. The minimum atomic E-state index is 0.221. The molecule has 0 saturated heterocycles. The summed E-state index contributed by atoms with van der Waals surface area (Å²) in [5.74, 6) is 0.370. The standard InChI is InChI=1S/C5H5ClNO2/c1-2-8-5-3-4(6)9-7-5/h3H,1-2H2. The minimum Gasteiger partial charge on any atom is -0.475 e. The first-order valence-corrected chi connectivity index (χ1v) is 2.75. The van der Waals surface area contributed by atoms with Gasteiger partial charge < -0.3 is 9.26 Å². The largest absolute Gasteiger partial charge is 0.475 e. The van der Waals surface area contributed by atoms with Crippen LogP contribution in [0.1, 0.15) is 0 Å². The van der Waals surface area contributed by atoms with Gasteiger partial charge in [0.05, 0.1) is 12.7 Å². The summed E-state index contributed by atoms with van der Waals surface area (Å²) in [4.78, 5) is 0. The molecule has 1 heterocycles. The lowest BCUT2D eigenvalue weighted by Crippen LogP contribution is -1.90. The van der Waals surface area contributed by atoms with Gasteiger partial charge in [0.15, 0.2) is 0 Å². The van der Waals surface area contributed by atoms with Crippen LogP contribution in [-0.2, 0) is 0 Å². The molecule has 0 aliphatic carbocycles. The third-order valence-electron chi connectivity index (χ3n) is 0.710. The molecule has 9 heavy (non-hydrogen) atoms. The Bertz CT molecular complexity index is 187. The number of hydrogen-bond donors (Lipinski definition) is 0. The van der Waals surface area contributed by atoms with E-state index in [9.17, 15) is 0 Å². The lowest BCUT2D eigenvalue weighted by atomic mass is 10.7. The average molecular weight is 147 g/mol. The van der Waals surface area contributed by atoms with E-state index in [0.29, 0.717) is 12.5 Å². The Kier molecular flexibility index (Phi) is 1.95. The Balaban J connectivity index is 2.61. The molecule has 3 nitrogen and oxygen atoms in total. The number of hydrogen-bond acceptors (Lipinski definition) is 3. The van der Waals surface area contributed by atoms with Crippen LogP contribution >= 0.6 is 11.6 Å². The van der Waals surface area contributed by atoms with Gasteiger partial charge in [-0.15, -0.1) is 0 Å². The van der Waals surface area contributed by atoms with Crippen molar-refractivity contribution < 1.29 is 9.26 Å². The molecule has 49 valence electrons. The van der Waals surface area contributed by atoms with Crippen molar-refractivity contribution in [1.29, 1.82) is 0 Å². The van der Waals surface area contributed by atoms with Gasteiger partial charge in [0.2, 0.25) is 5.22 Å². The highest BCUT2D eigenvalue weighted by atomic mass is 35.5. The van der Waals surface area contributed by atoms with E-state index in [1.54, 1.807) is 0 Å². The summed E-state index contributed by atoms with van der Waals surface area (Å²) in [5, 5.41) is 3.66. The van der Waals surface area contributed by atoms with Crippen molar-refractivity contribution in [3.05, 3.63) is 18.2 Å². The molecular formula is C5H5ClNO2. The molecule has 0 aromatic carbocycles. The minimum absolute atomic E-state index is 0.221. The maximum atomic E-state index is 5.37. The van der Waals surface area contributed by atoms with E-state index in [4.69, 9.17) is 16.3 Å². The van der Waals surface area contributed by atoms with Crippen LogP contribution in [0.25, 0.3) is 0 Å². The van der Waals surface area contributed by atoms with Crippen LogP contribution in [-0.4, -0.2) is 11.8 Å². The molecule has 0 spiro atoms. The van der Waals surface area contributed by atoms with Crippen LogP contribution in [0.15, 0.2) is 10.6 Å². The van der Waals surface area contributed by atoms with Crippen molar-refractivity contribution in [2.24, 2.45) is 0 Å². The number of rotatable bonds is 2. The van der Waals surface area contributed by atoms with Crippen LogP contribution in [0.3, 0.4) is 0 Å². The van der Waals surface area contributed by atoms with Crippen molar-refractivity contribution in [3.8, 4) is 5.88 Å². The molecule has 1 aromatic heterocycles. The lowest BCUT2D eigenvalue weighted by Gasteiger charge is -1.90. The fourth-order valence-electron chi connectivity index (χ4n) is 0.411. The van der Waals surface area contributed by atoms with Gasteiger partial charge >= 0.3 is 0 Å². The molecular weight excluding hydrogens is 142 g/mol. The predicted octanol–water partition coefficient (Wildman–Crippen LogP) is 1.54. The zero-order valence-corrected chi connectivity index (χ0v) is 5.39. The molecule has 0 aliphatic heterocycles. The quantitative estimate of drug-likeness (QED) is 0.635. The molecule has 0 amide bonds. The summed E-state index contributed by atoms with van der Waals surface area (Å²) in [6, 6.07) is 1.48. The highest BCUT2D eigenvalue weighted by molar-refractivity contribution is 6.28. The van der Waals surface area contributed by atoms with Gasteiger partial charge in [0.1, 0.15) is 0 Å². The molecule has 0 atom stereocenters. The first kappa shape index (κ1) is 6.42. The SMILES string of the molecule is [CH2]COc1cc(Cl)on1. The van der Waals surface area contributed by atoms with E-state index in [-0.39, 0.29) is 5.22 Å². The molecule has 0 bridgehead atoms. The van der Waals surface area contributed by atoms with E-state index in [0.717, 1.165) is 0 Å². The van der Waals surface area contributed by atoms with E-state index >= 15 is 0 Å². The summed E-state index contributed by atoms with van der Waals surface area (Å²) in [5.41, 5.74) is 0. The van der Waals surface area contributed by atoms with E-state index in [2.05, 4.69) is 16.6 Å². The summed E-state index contributed by atoms with van der Waals surface area (Å²) < 4.78 is 9.31. The molecule has 4 heteroatoms. The predicted molar refractivity (Wildman–Crippen MR) is 32.4 cm³/mol. The summed E-state index contributed by atoms with van der Waals surface area (Å²) in [7, 11) is 0. The van der Waals surface area contributed by atoms with Crippen molar-refractivity contribution in [2.45, 2.75) is 0 Å². The third-order valence-corrected chi connectivity index (χ3v) is 0.888. The van der Waals surface area contributed by atoms with Gasteiger partial charge in [-0.3, -0.25) is 0 Å². The second-order valence-electron chi connectivity index (χ2n) is 1.32. The Labute approximate surface area is 57.5 Å². The maximum absolute atomic E-state index is 5.37.